The van der Waals surface area contributed by atoms with Crippen LogP contribution >= 0.6 is 0 Å². The van der Waals surface area contributed by atoms with Crippen LogP contribution in [0.1, 0.15) is 33.1 Å². The van der Waals surface area contributed by atoms with Crippen LogP contribution in [-0.2, 0) is 4.79 Å². The minimum Gasteiger partial charge on any atom is -0.484 e. The van der Waals surface area contributed by atoms with E-state index in [0.29, 0.717) is 17.5 Å². The van der Waals surface area contributed by atoms with Gasteiger partial charge in [0.25, 0.3) is 5.91 Å². The molecule has 0 unspecified atom stereocenters. The molecule has 0 aliphatic heterocycles. The highest BCUT2D eigenvalue weighted by molar-refractivity contribution is 5.78. The van der Waals surface area contributed by atoms with Crippen LogP contribution in [0, 0.1) is 6.92 Å². The molecule has 1 amide bonds. The fourth-order valence-corrected chi connectivity index (χ4v) is 1.77. The van der Waals surface area contributed by atoms with Crippen molar-refractivity contribution in [3.63, 3.8) is 0 Å². The predicted molar refractivity (Wildman–Crippen MR) is 82.5 cm³/mol. The van der Waals surface area contributed by atoms with Gasteiger partial charge in [0.15, 0.2) is 6.61 Å². The highest BCUT2D eigenvalue weighted by atomic mass is 16.5. The lowest BCUT2D eigenvalue weighted by Crippen LogP contribution is -2.44. The predicted octanol–water partition coefficient (Wildman–Crippen LogP) is 2.73. The molecule has 0 radical (unpaired) electrons. The third kappa shape index (κ3) is 4.31. The molecule has 1 aromatic carbocycles. The number of rotatable bonds is 6. The molecule has 1 aromatic heterocycles. The maximum Gasteiger partial charge on any atom is 0.258 e. The van der Waals surface area contributed by atoms with E-state index in [-0.39, 0.29) is 18.1 Å². The molecule has 22 heavy (non-hydrogen) atoms. The van der Waals surface area contributed by atoms with E-state index >= 15 is 0 Å². The summed E-state index contributed by atoms with van der Waals surface area (Å²) in [5, 5.41) is 6.77. The zero-order valence-electron chi connectivity index (χ0n) is 13.3. The van der Waals surface area contributed by atoms with Crippen molar-refractivity contribution in [1.82, 2.24) is 15.5 Å². The minimum atomic E-state index is -0.221. The summed E-state index contributed by atoms with van der Waals surface area (Å²) in [5.41, 5.74) is 0.613. The number of carbonyl (C=O) groups excluding carboxylic acids is 1. The molecular formula is C16H21N3O3. The van der Waals surface area contributed by atoms with Crippen LogP contribution in [0.2, 0.25) is 0 Å². The smallest absolute Gasteiger partial charge is 0.258 e. The van der Waals surface area contributed by atoms with Gasteiger partial charge in [0.05, 0.1) is 0 Å². The van der Waals surface area contributed by atoms with E-state index in [9.17, 15) is 4.79 Å². The highest BCUT2D eigenvalue weighted by Gasteiger charge is 2.17. The van der Waals surface area contributed by atoms with Crippen molar-refractivity contribution in [2.75, 3.05) is 6.61 Å². The first-order valence-corrected chi connectivity index (χ1v) is 7.24. The fourth-order valence-electron chi connectivity index (χ4n) is 1.77. The molecule has 0 saturated carbocycles. The Hall–Kier alpha value is -2.37. The number of ether oxygens (including phenoxy) is 1. The lowest BCUT2D eigenvalue weighted by Gasteiger charge is -2.24. The summed E-state index contributed by atoms with van der Waals surface area (Å²) >= 11 is 0. The summed E-state index contributed by atoms with van der Waals surface area (Å²) in [4.78, 5) is 16.0. The normalized spacial score (nSPS) is 11.3. The molecule has 118 valence electrons. The van der Waals surface area contributed by atoms with Gasteiger partial charge < -0.3 is 14.6 Å². The first-order chi connectivity index (χ1) is 10.4. The van der Waals surface area contributed by atoms with E-state index in [4.69, 9.17) is 9.26 Å². The molecule has 6 nitrogen and oxygen atoms in total. The Morgan fingerprint density at radius 2 is 2.00 bits per heavy atom. The third-order valence-electron chi connectivity index (χ3n) is 3.37. The molecule has 0 saturated heterocycles. The molecule has 0 spiro atoms. The number of carbonyl (C=O) groups is 1. The van der Waals surface area contributed by atoms with Gasteiger partial charge in [-0.1, -0.05) is 12.1 Å². The summed E-state index contributed by atoms with van der Waals surface area (Å²) in [7, 11) is 0. The van der Waals surface area contributed by atoms with Gasteiger partial charge in [0.1, 0.15) is 5.75 Å². The first-order valence-electron chi connectivity index (χ1n) is 7.24. The second-order valence-electron chi connectivity index (χ2n) is 5.74. The van der Waals surface area contributed by atoms with E-state index < -0.39 is 0 Å². The van der Waals surface area contributed by atoms with Crippen molar-refractivity contribution in [3.05, 3.63) is 30.2 Å². The molecule has 0 aliphatic carbocycles. The Kier molecular flexibility index (Phi) is 4.80. The van der Waals surface area contributed by atoms with Gasteiger partial charge in [0.2, 0.25) is 11.7 Å². The average molecular weight is 303 g/mol. The topological polar surface area (TPSA) is 77.2 Å². The second kappa shape index (κ2) is 6.60. The van der Waals surface area contributed by atoms with E-state index in [0.717, 1.165) is 12.0 Å². The van der Waals surface area contributed by atoms with E-state index in [1.807, 2.05) is 32.9 Å². The molecule has 0 aliphatic rings. The fraction of sp³-hybridized carbons (Fsp3) is 0.438. The number of aromatic nitrogens is 2. The zero-order valence-corrected chi connectivity index (χ0v) is 13.3. The lowest BCUT2D eigenvalue weighted by atomic mass is 10.0. The van der Waals surface area contributed by atoms with Crippen LogP contribution in [0.5, 0.6) is 5.75 Å². The van der Waals surface area contributed by atoms with Crippen LogP contribution in [0.15, 0.2) is 28.8 Å². The maximum absolute atomic E-state index is 11.8. The van der Waals surface area contributed by atoms with Crippen LogP contribution in [0.3, 0.4) is 0 Å². The molecule has 0 bridgehead atoms. The Balaban J connectivity index is 1.90. The molecule has 1 heterocycles. The van der Waals surface area contributed by atoms with Gasteiger partial charge in [0, 0.05) is 18.0 Å². The van der Waals surface area contributed by atoms with Gasteiger partial charge in [-0.05, 0) is 44.5 Å². The molecular weight excluding hydrogens is 282 g/mol. The molecule has 0 fully saturated rings. The third-order valence-corrected chi connectivity index (χ3v) is 3.37. The van der Waals surface area contributed by atoms with E-state index in [1.165, 1.54) is 0 Å². The number of benzene rings is 1. The van der Waals surface area contributed by atoms with Crippen LogP contribution in [0.4, 0.5) is 0 Å². The van der Waals surface area contributed by atoms with Gasteiger partial charge in [-0.3, -0.25) is 4.79 Å². The Morgan fingerprint density at radius 3 is 2.55 bits per heavy atom. The lowest BCUT2D eigenvalue weighted by molar-refractivity contribution is -0.124. The Morgan fingerprint density at radius 1 is 1.32 bits per heavy atom. The van der Waals surface area contributed by atoms with Crippen LogP contribution in [-0.4, -0.2) is 28.2 Å². The second-order valence-corrected chi connectivity index (χ2v) is 5.74. The van der Waals surface area contributed by atoms with Crippen molar-refractivity contribution in [2.45, 2.75) is 39.7 Å². The molecule has 2 aromatic rings. The van der Waals surface area contributed by atoms with Crippen LogP contribution in [0.25, 0.3) is 11.4 Å². The van der Waals surface area contributed by atoms with Crippen molar-refractivity contribution >= 4 is 5.91 Å². The van der Waals surface area contributed by atoms with Gasteiger partial charge in [-0.2, -0.15) is 4.98 Å². The summed E-state index contributed by atoms with van der Waals surface area (Å²) in [5.74, 6) is 1.54. The van der Waals surface area contributed by atoms with Crippen LogP contribution < -0.4 is 10.1 Å². The number of nitrogens with zero attached hydrogens (tertiary/aromatic N) is 2. The van der Waals surface area contributed by atoms with Gasteiger partial charge in [-0.15, -0.1) is 0 Å². The number of hydrogen-bond acceptors (Lipinski definition) is 5. The maximum atomic E-state index is 11.8. The van der Waals surface area contributed by atoms with Gasteiger partial charge >= 0.3 is 0 Å². The average Bonchev–Trinajstić information content (AvgIpc) is 2.92. The molecule has 6 heteroatoms. The first kappa shape index (κ1) is 16.0. The van der Waals surface area contributed by atoms with Gasteiger partial charge in [-0.25, -0.2) is 0 Å². The Labute approximate surface area is 129 Å². The molecule has 1 N–H and O–H groups in total. The standard InChI is InChI=1S/C16H21N3O3/c1-5-16(3,4)18-14(20)10-21-13-8-6-12(7-9-13)15-17-11(2)22-19-15/h6-9H,5,10H2,1-4H3,(H,18,20). The number of nitrogens with one attached hydrogen (secondary N) is 1. The van der Waals surface area contributed by atoms with Crippen molar-refractivity contribution in [1.29, 1.82) is 0 Å². The molecule has 2 rings (SSSR count). The summed E-state index contributed by atoms with van der Waals surface area (Å²) in [6, 6.07) is 7.21. The SMILES string of the molecule is CCC(C)(C)NC(=O)COc1ccc(-c2noc(C)n2)cc1. The number of amides is 1. The Bertz CT molecular complexity index is 632. The highest BCUT2D eigenvalue weighted by Crippen LogP contribution is 2.19. The molecule has 0 atom stereocenters. The monoisotopic (exact) mass is 303 g/mol. The zero-order chi connectivity index (χ0) is 16.2. The van der Waals surface area contributed by atoms with E-state index in [2.05, 4.69) is 15.5 Å². The largest absolute Gasteiger partial charge is 0.484 e. The summed E-state index contributed by atoms with van der Waals surface area (Å²) in [6.07, 6.45) is 0.859. The quantitative estimate of drug-likeness (QED) is 0.888. The van der Waals surface area contributed by atoms with Crippen molar-refractivity contribution in [3.8, 4) is 17.1 Å². The van der Waals surface area contributed by atoms with E-state index in [1.54, 1.807) is 19.1 Å². The summed E-state index contributed by atoms with van der Waals surface area (Å²) < 4.78 is 10.4. The number of hydrogen-bond donors (Lipinski definition) is 1. The number of aryl methyl sites for hydroxylation is 1. The van der Waals surface area contributed by atoms with Crippen molar-refractivity contribution in [2.24, 2.45) is 0 Å². The summed E-state index contributed by atoms with van der Waals surface area (Å²) in [6.45, 7) is 7.72. The van der Waals surface area contributed by atoms with Crippen molar-refractivity contribution < 1.29 is 14.1 Å². The minimum absolute atomic E-state index is 0.00983.